The van der Waals surface area contributed by atoms with Gasteiger partial charge in [0.1, 0.15) is 6.29 Å². The third-order valence-corrected chi connectivity index (χ3v) is 3.17. The molecule has 0 radical (unpaired) electrons. The molecule has 3 aromatic carbocycles. The van der Waals surface area contributed by atoms with Crippen molar-refractivity contribution in [2.24, 2.45) is 0 Å². The van der Waals surface area contributed by atoms with Crippen LogP contribution in [0, 0.1) is 0 Å². The molecule has 17 heavy (non-hydrogen) atoms. The van der Waals surface area contributed by atoms with Crippen molar-refractivity contribution in [1.82, 2.24) is 0 Å². The Morgan fingerprint density at radius 1 is 0.824 bits per heavy atom. The van der Waals surface area contributed by atoms with Gasteiger partial charge in [0.2, 0.25) is 0 Å². The summed E-state index contributed by atoms with van der Waals surface area (Å²) in [4.78, 5) is 10.9. The molecule has 0 aromatic heterocycles. The lowest BCUT2D eigenvalue weighted by atomic mass is 9.95. The van der Waals surface area contributed by atoms with Gasteiger partial charge < -0.3 is 4.79 Å². The van der Waals surface area contributed by atoms with Gasteiger partial charge in [-0.1, -0.05) is 48.5 Å². The molecule has 0 saturated carbocycles. The van der Waals surface area contributed by atoms with E-state index in [1.807, 2.05) is 24.3 Å². The fourth-order valence-corrected chi connectivity index (χ4v) is 2.41. The van der Waals surface area contributed by atoms with Crippen molar-refractivity contribution in [2.75, 3.05) is 0 Å². The van der Waals surface area contributed by atoms with Gasteiger partial charge in [0.25, 0.3) is 0 Å². The van der Waals surface area contributed by atoms with E-state index >= 15 is 0 Å². The summed E-state index contributed by atoms with van der Waals surface area (Å²) in [5.74, 6) is 0. The molecule has 1 nitrogen and oxygen atoms in total. The summed E-state index contributed by atoms with van der Waals surface area (Å²) >= 11 is 0. The Labute approximate surface area is 99.7 Å². The van der Waals surface area contributed by atoms with E-state index in [1.165, 1.54) is 21.5 Å². The van der Waals surface area contributed by atoms with Crippen LogP contribution in [-0.2, 0) is 11.2 Å². The van der Waals surface area contributed by atoms with Crippen LogP contribution in [0.2, 0.25) is 0 Å². The molecule has 3 rings (SSSR count). The van der Waals surface area contributed by atoms with Crippen LogP contribution in [0.5, 0.6) is 0 Å². The number of fused-ring (bicyclic) bond motifs is 2. The minimum absolute atomic E-state index is 0.474. The van der Waals surface area contributed by atoms with E-state index in [1.54, 1.807) is 0 Å². The van der Waals surface area contributed by atoms with E-state index in [0.717, 1.165) is 11.8 Å². The molecule has 0 fully saturated rings. The van der Waals surface area contributed by atoms with Gasteiger partial charge in [-0.05, 0) is 33.2 Å². The third kappa shape index (κ3) is 1.60. The first kappa shape index (κ1) is 10.0. The molecule has 0 amide bonds. The zero-order chi connectivity index (χ0) is 11.7. The molecule has 82 valence electrons. The number of hydrogen-bond acceptors (Lipinski definition) is 1. The lowest BCUT2D eigenvalue weighted by molar-refractivity contribution is -0.107. The number of hydrogen-bond donors (Lipinski definition) is 0. The maximum atomic E-state index is 10.9. The molecular weight excluding hydrogens is 208 g/mol. The second-order valence-corrected chi connectivity index (χ2v) is 4.17. The number of rotatable bonds is 2. The molecule has 0 aliphatic carbocycles. The van der Waals surface area contributed by atoms with Crippen molar-refractivity contribution in [2.45, 2.75) is 6.42 Å². The second kappa shape index (κ2) is 4.02. The highest BCUT2D eigenvalue weighted by atomic mass is 16.1. The number of benzene rings is 3. The molecule has 0 aliphatic heterocycles. The van der Waals surface area contributed by atoms with Crippen molar-refractivity contribution < 1.29 is 4.79 Å². The zero-order valence-corrected chi connectivity index (χ0v) is 9.39. The molecule has 0 aliphatic rings. The Kier molecular flexibility index (Phi) is 2.37. The standard InChI is InChI=1S/C16H12O/c17-10-9-16-14-7-3-1-5-12(14)11-13-6-2-4-8-15(13)16/h1-8,10-11H,9H2. The van der Waals surface area contributed by atoms with Gasteiger partial charge in [0, 0.05) is 6.42 Å². The fourth-order valence-electron chi connectivity index (χ4n) is 2.41. The van der Waals surface area contributed by atoms with Crippen molar-refractivity contribution in [3.05, 3.63) is 60.2 Å². The normalized spacial score (nSPS) is 10.8. The van der Waals surface area contributed by atoms with E-state index in [0.29, 0.717) is 6.42 Å². The maximum Gasteiger partial charge on any atom is 0.124 e. The van der Waals surface area contributed by atoms with Crippen molar-refractivity contribution in [3.63, 3.8) is 0 Å². The lowest BCUT2D eigenvalue weighted by Gasteiger charge is -2.08. The Hall–Kier alpha value is -2.15. The van der Waals surface area contributed by atoms with Gasteiger partial charge in [-0.2, -0.15) is 0 Å². The second-order valence-electron chi connectivity index (χ2n) is 4.17. The van der Waals surface area contributed by atoms with E-state index in [2.05, 4.69) is 30.3 Å². The highest BCUT2D eigenvalue weighted by Gasteiger charge is 2.05. The SMILES string of the molecule is O=CCc1c2ccccc2cc2ccccc12. The largest absolute Gasteiger partial charge is 0.303 e. The minimum atomic E-state index is 0.474. The Bertz CT molecular complexity index is 644. The van der Waals surface area contributed by atoms with Gasteiger partial charge in [-0.3, -0.25) is 0 Å². The van der Waals surface area contributed by atoms with E-state index in [-0.39, 0.29) is 0 Å². The Morgan fingerprint density at radius 2 is 1.35 bits per heavy atom. The van der Waals surface area contributed by atoms with Gasteiger partial charge in [0.05, 0.1) is 0 Å². The molecule has 0 bridgehead atoms. The van der Waals surface area contributed by atoms with Crippen LogP contribution in [-0.4, -0.2) is 6.29 Å². The smallest absolute Gasteiger partial charge is 0.124 e. The number of carbonyl (C=O) groups is 1. The Balaban J connectivity index is 2.51. The van der Waals surface area contributed by atoms with Gasteiger partial charge in [-0.15, -0.1) is 0 Å². The summed E-state index contributed by atoms with van der Waals surface area (Å²) in [6, 6.07) is 18.6. The summed E-state index contributed by atoms with van der Waals surface area (Å²) < 4.78 is 0. The molecule has 0 atom stereocenters. The highest BCUT2D eigenvalue weighted by molar-refractivity contribution is 6.03. The molecule has 0 saturated heterocycles. The molecule has 0 N–H and O–H groups in total. The number of carbonyl (C=O) groups excluding carboxylic acids is 1. The minimum Gasteiger partial charge on any atom is -0.303 e. The van der Waals surface area contributed by atoms with E-state index < -0.39 is 0 Å². The monoisotopic (exact) mass is 220 g/mol. The molecule has 0 spiro atoms. The summed E-state index contributed by atoms with van der Waals surface area (Å²) in [6.45, 7) is 0. The van der Waals surface area contributed by atoms with Crippen LogP contribution in [0.3, 0.4) is 0 Å². The predicted molar refractivity (Wildman–Crippen MR) is 71.2 cm³/mol. The lowest BCUT2D eigenvalue weighted by Crippen LogP contribution is -1.90. The average Bonchev–Trinajstić information content (AvgIpc) is 2.39. The Morgan fingerprint density at radius 3 is 1.88 bits per heavy atom. The molecule has 0 unspecified atom stereocenters. The summed E-state index contributed by atoms with van der Waals surface area (Å²) in [7, 11) is 0. The van der Waals surface area contributed by atoms with Crippen LogP contribution in [0.1, 0.15) is 5.56 Å². The van der Waals surface area contributed by atoms with Crippen molar-refractivity contribution >= 4 is 27.8 Å². The van der Waals surface area contributed by atoms with Crippen LogP contribution in [0.15, 0.2) is 54.6 Å². The van der Waals surface area contributed by atoms with Gasteiger partial charge >= 0.3 is 0 Å². The molecule has 1 heteroatoms. The first-order chi connectivity index (χ1) is 8.40. The topological polar surface area (TPSA) is 17.1 Å². The molecular formula is C16H12O. The summed E-state index contributed by atoms with van der Waals surface area (Å²) in [6.07, 6.45) is 1.45. The van der Waals surface area contributed by atoms with Crippen molar-refractivity contribution in [3.8, 4) is 0 Å². The van der Waals surface area contributed by atoms with Crippen LogP contribution in [0.25, 0.3) is 21.5 Å². The summed E-state index contributed by atoms with van der Waals surface area (Å²) in [5.41, 5.74) is 1.13. The maximum absolute atomic E-state index is 10.9. The average molecular weight is 220 g/mol. The first-order valence-corrected chi connectivity index (χ1v) is 5.73. The van der Waals surface area contributed by atoms with E-state index in [9.17, 15) is 4.79 Å². The third-order valence-electron chi connectivity index (χ3n) is 3.17. The van der Waals surface area contributed by atoms with Gasteiger partial charge in [0.15, 0.2) is 0 Å². The fraction of sp³-hybridized carbons (Fsp3) is 0.0625. The predicted octanol–water partition coefficient (Wildman–Crippen LogP) is 3.73. The van der Waals surface area contributed by atoms with E-state index in [4.69, 9.17) is 0 Å². The molecule has 3 aromatic rings. The first-order valence-electron chi connectivity index (χ1n) is 5.73. The quantitative estimate of drug-likeness (QED) is 0.475. The van der Waals surface area contributed by atoms with Crippen molar-refractivity contribution in [1.29, 1.82) is 0 Å². The van der Waals surface area contributed by atoms with Crippen LogP contribution in [0.4, 0.5) is 0 Å². The summed E-state index contributed by atoms with van der Waals surface area (Å²) in [5, 5.41) is 4.75. The molecule has 0 heterocycles. The highest BCUT2D eigenvalue weighted by Crippen LogP contribution is 2.28. The number of aldehydes is 1. The van der Waals surface area contributed by atoms with Crippen LogP contribution >= 0.6 is 0 Å². The zero-order valence-electron chi connectivity index (χ0n) is 9.39. The van der Waals surface area contributed by atoms with Crippen LogP contribution < -0.4 is 0 Å². The van der Waals surface area contributed by atoms with Gasteiger partial charge in [-0.25, -0.2) is 0 Å².